The Balaban J connectivity index is 1.53. The van der Waals surface area contributed by atoms with Crippen molar-refractivity contribution in [1.82, 2.24) is 10.1 Å². The summed E-state index contributed by atoms with van der Waals surface area (Å²) in [6.07, 6.45) is 4.10. The summed E-state index contributed by atoms with van der Waals surface area (Å²) >= 11 is 0. The van der Waals surface area contributed by atoms with E-state index in [1.807, 2.05) is 19.1 Å². The molecule has 1 aromatic carbocycles. The monoisotopic (exact) mass is 270 g/mol. The molecule has 0 radical (unpaired) electrons. The maximum Gasteiger partial charge on any atom is 0.226 e. The maximum atomic E-state index is 12.9. The molecule has 2 aliphatic carbocycles. The molecule has 102 valence electrons. The average molecular weight is 270 g/mol. The summed E-state index contributed by atoms with van der Waals surface area (Å²) < 4.78 is 18.1. The van der Waals surface area contributed by atoms with E-state index >= 15 is 0 Å². The fourth-order valence-corrected chi connectivity index (χ4v) is 3.23. The Bertz CT molecular complexity index is 674. The molecule has 4 heteroatoms. The summed E-state index contributed by atoms with van der Waals surface area (Å²) in [6.45, 7) is 2.01. The molecule has 0 amide bonds. The Kier molecular flexibility index (Phi) is 2.52. The van der Waals surface area contributed by atoms with Crippen LogP contribution in [0.2, 0.25) is 0 Å². The van der Waals surface area contributed by atoms with E-state index in [4.69, 9.17) is 4.52 Å². The van der Waals surface area contributed by atoms with Crippen molar-refractivity contribution in [2.75, 3.05) is 0 Å². The minimum Gasteiger partial charge on any atom is -0.339 e. The lowest BCUT2D eigenvalue weighted by molar-refractivity contribution is 0.376. The van der Waals surface area contributed by atoms with Crippen LogP contribution in [0.1, 0.15) is 36.5 Å². The van der Waals surface area contributed by atoms with Crippen LogP contribution in [0.4, 0.5) is 4.39 Å². The van der Waals surface area contributed by atoms with Gasteiger partial charge in [-0.2, -0.15) is 4.98 Å². The van der Waals surface area contributed by atoms with Gasteiger partial charge in [0.05, 0.1) is 0 Å². The molecule has 1 fully saturated rings. The number of aryl methyl sites for hydroxylation is 1. The average Bonchev–Trinajstić information content (AvgIpc) is 2.88. The number of hydrogen-bond acceptors (Lipinski definition) is 3. The first-order valence-corrected chi connectivity index (χ1v) is 7.05. The summed E-state index contributed by atoms with van der Waals surface area (Å²) in [7, 11) is 0. The van der Waals surface area contributed by atoms with Gasteiger partial charge in [0.2, 0.25) is 5.89 Å². The van der Waals surface area contributed by atoms with Gasteiger partial charge in [0, 0.05) is 12.3 Å². The SMILES string of the molecule is CCc1nc([C@@H]2[C@H]3C=C(c4ccc(F)cc4)C[C@H]32)no1. The molecule has 3 atom stereocenters. The number of nitrogens with zero attached hydrogens (tertiary/aromatic N) is 2. The second-order valence-electron chi connectivity index (χ2n) is 5.57. The fourth-order valence-electron chi connectivity index (χ4n) is 3.23. The lowest BCUT2D eigenvalue weighted by Crippen LogP contribution is -1.92. The first kappa shape index (κ1) is 11.8. The largest absolute Gasteiger partial charge is 0.339 e. The molecule has 3 nitrogen and oxygen atoms in total. The van der Waals surface area contributed by atoms with Crippen LogP contribution in [0.3, 0.4) is 0 Å². The van der Waals surface area contributed by atoms with Crippen molar-refractivity contribution >= 4 is 5.57 Å². The van der Waals surface area contributed by atoms with Crippen molar-refractivity contribution in [2.24, 2.45) is 11.8 Å². The van der Waals surface area contributed by atoms with Gasteiger partial charge in [0.25, 0.3) is 0 Å². The van der Waals surface area contributed by atoms with Crippen LogP contribution in [-0.4, -0.2) is 10.1 Å². The van der Waals surface area contributed by atoms with E-state index in [9.17, 15) is 4.39 Å². The second kappa shape index (κ2) is 4.27. The summed E-state index contributed by atoms with van der Waals surface area (Å²) in [4.78, 5) is 4.43. The molecule has 0 N–H and O–H groups in total. The van der Waals surface area contributed by atoms with Crippen molar-refractivity contribution in [2.45, 2.75) is 25.7 Å². The molecule has 0 aliphatic heterocycles. The first-order chi connectivity index (χ1) is 9.76. The van der Waals surface area contributed by atoms with Gasteiger partial charge >= 0.3 is 0 Å². The summed E-state index contributed by atoms with van der Waals surface area (Å²) in [6, 6.07) is 6.74. The van der Waals surface area contributed by atoms with Crippen LogP contribution in [0.25, 0.3) is 5.57 Å². The number of benzene rings is 1. The van der Waals surface area contributed by atoms with Gasteiger partial charge in [-0.15, -0.1) is 0 Å². The summed E-state index contributed by atoms with van der Waals surface area (Å²) in [5, 5.41) is 4.08. The van der Waals surface area contributed by atoms with Gasteiger partial charge in [0.15, 0.2) is 5.82 Å². The summed E-state index contributed by atoms with van der Waals surface area (Å²) in [5.74, 6) is 2.92. The number of hydrogen-bond donors (Lipinski definition) is 0. The Hall–Kier alpha value is -1.97. The zero-order chi connectivity index (χ0) is 13.7. The number of halogens is 1. The molecule has 0 saturated heterocycles. The highest BCUT2D eigenvalue weighted by Gasteiger charge is 2.55. The zero-order valence-electron chi connectivity index (χ0n) is 11.2. The molecular formula is C16H15FN2O. The van der Waals surface area contributed by atoms with Gasteiger partial charge < -0.3 is 4.52 Å². The molecule has 1 heterocycles. The third kappa shape index (κ3) is 1.79. The van der Waals surface area contributed by atoms with E-state index < -0.39 is 0 Å². The number of aromatic nitrogens is 2. The van der Waals surface area contributed by atoms with Crippen LogP contribution >= 0.6 is 0 Å². The molecule has 2 aromatic rings. The van der Waals surface area contributed by atoms with Crippen molar-refractivity contribution < 1.29 is 8.91 Å². The van der Waals surface area contributed by atoms with Crippen molar-refractivity contribution in [3.8, 4) is 0 Å². The van der Waals surface area contributed by atoms with Crippen LogP contribution in [0, 0.1) is 17.7 Å². The van der Waals surface area contributed by atoms with E-state index in [0.29, 0.717) is 23.6 Å². The van der Waals surface area contributed by atoms with E-state index in [1.165, 1.54) is 17.7 Å². The third-order valence-electron chi connectivity index (χ3n) is 4.38. The van der Waals surface area contributed by atoms with Crippen molar-refractivity contribution in [1.29, 1.82) is 0 Å². The number of fused-ring (bicyclic) bond motifs is 1. The van der Waals surface area contributed by atoms with Crippen LogP contribution in [0.15, 0.2) is 34.9 Å². The standard InChI is InChI=1S/C16H15FN2O/c1-2-14-18-16(19-20-14)15-12-7-10(8-13(12)15)9-3-5-11(17)6-4-9/h3-7,12-13,15H,2,8H2,1H3/t12-,13+,15+/m0/s1. The van der Waals surface area contributed by atoms with Gasteiger partial charge in [-0.05, 0) is 41.5 Å². The van der Waals surface area contributed by atoms with Gasteiger partial charge in [-0.3, -0.25) is 0 Å². The van der Waals surface area contributed by atoms with Crippen molar-refractivity contribution in [3.63, 3.8) is 0 Å². The lowest BCUT2D eigenvalue weighted by Gasteiger charge is -2.05. The minimum atomic E-state index is -0.186. The molecule has 0 bridgehead atoms. The smallest absolute Gasteiger partial charge is 0.226 e. The highest BCUT2D eigenvalue weighted by molar-refractivity contribution is 5.70. The highest BCUT2D eigenvalue weighted by Crippen LogP contribution is 2.62. The van der Waals surface area contributed by atoms with E-state index in [0.717, 1.165) is 24.2 Å². The summed E-state index contributed by atoms with van der Waals surface area (Å²) in [5.41, 5.74) is 2.44. The Morgan fingerprint density at radius 1 is 1.30 bits per heavy atom. The van der Waals surface area contributed by atoms with E-state index in [2.05, 4.69) is 16.2 Å². The zero-order valence-corrected chi connectivity index (χ0v) is 11.2. The van der Waals surface area contributed by atoms with Gasteiger partial charge in [-0.25, -0.2) is 4.39 Å². The Morgan fingerprint density at radius 2 is 2.10 bits per heavy atom. The topological polar surface area (TPSA) is 38.9 Å². The molecule has 0 spiro atoms. The second-order valence-corrected chi connectivity index (χ2v) is 5.57. The minimum absolute atomic E-state index is 0.186. The van der Waals surface area contributed by atoms with Crippen LogP contribution in [0.5, 0.6) is 0 Å². The predicted octanol–water partition coefficient (Wildman–Crippen LogP) is 3.59. The van der Waals surface area contributed by atoms with Crippen LogP contribution in [-0.2, 0) is 6.42 Å². The lowest BCUT2D eigenvalue weighted by atomic mass is 10.0. The fraction of sp³-hybridized carbons (Fsp3) is 0.375. The molecular weight excluding hydrogens is 255 g/mol. The Morgan fingerprint density at radius 3 is 2.70 bits per heavy atom. The predicted molar refractivity (Wildman–Crippen MR) is 72.4 cm³/mol. The van der Waals surface area contributed by atoms with Gasteiger partial charge in [0.1, 0.15) is 5.82 Å². The van der Waals surface area contributed by atoms with E-state index in [1.54, 1.807) is 0 Å². The maximum absolute atomic E-state index is 12.9. The van der Waals surface area contributed by atoms with Gasteiger partial charge in [-0.1, -0.05) is 30.3 Å². The molecule has 0 unspecified atom stereocenters. The first-order valence-electron chi connectivity index (χ1n) is 7.05. The molecule has 4 rings (SSSR count). The molecule has 20 heavy (non-hydrogen) atoms. The molecule has 1 aromatic heterocycles. The normalized spacial score (nSPS) is 27.3. The van der Waals surface area contributed by atoms with Crippen LogP contribution < -0.4 is 0 Å². The number of allylic oxidation sites excluding steroid dienone is 2. The Labute approximate surface area is 116 Å². The highest BCUT2D eigenvalue weighted by atomic mass is 19.1. The van der Waals surface area contributed by atoms with Crippen molar-refractivity contribution in [3.05, 3.63) is 53.4 Å². The quantitative estimate of drug-likeness (QED) is 0.855. The molecule has 2 aliphatic rings. The third-order valence-corrected chi connectivity index (χ3v) is 4.38. The van der Waals surface area contributed by atoms with E-state index in [-0.39, 0.29) is 5.82 Å². The molecule has 1 saturated carbocycles. The number of rotatable bonds is 3.